The first-order chi connectivity index (χ1) is 17.8. The van der Waals surface area contributed by atoms with Crippen LogP contribution >= 0.6 is 23.2 Å². The molecule has 0 aliphatic carbocycles. The van der Waals surface area contributed by atoms with Gasteiger partial charge in [-0.1, -0.05) is 41.4 Å². The molecular formula is C27H24Cl2FN5O2. The number of hydrogen-bond donors (Lipinski definition) is 2. The highest BCUT2D eigenvalue weighted by Crippen LogP contribution is 2.33. The molecule has 3 aromatic carbocycles. The van der Waals surface area contributed by atoms with Gasteiger partial charge in [0.2, 0.25) is 5.91 Å². The van der Waals surface area contributed by atoms with E-state index in [2.05, 4.69) is 20.6 Å². The van der Waals surface area contributed by atoms with Crippen LogP contribution in [-0.2, 0) is 11.4 Å². The molecular weight excluding hydrogens is 516 g/mol. The fraction of sp³-hybridized carbons (Fsp3) is 0.148. The molecule has 4 rings (SSSR count). The molecule has 0 fully saturated rings. The molecule has 0 spiro atoms. The minimum Gasteiger partial charge on any atom is -0.487 e. The highest BCUT2D eigenvalue weighted by Gasteiger charge is 2.12. The number of carbonyl (C=O) groups excluding carboxylic acids is 1. The second-order valence-electron chi connectivity index (χ2n) is 8.41. The van der Waals surface area contributed by atoms with E-state index in [-0.39, 0.29) is 18.3 Å². The number of benzene rings is 3. The molecule has 190 valence electrons. The van der Waals surface area contributed by atoms with E-state index in [1.54, 1.807) is 48.5 Å². The van der Waals surface area contributed by atoms with Crippen LogP contribution in [0.4, 0.5) is 21.6 Å². The van der Waals surface area contributed by atoms with Crippen LogP contribution in [0.2, 0.25) is 10.0 Å². The smallest absolute Gasteiger partial charge is 0.248 e. The topological polar surface area (TPSA) is 79.4 Å². The van der Waals surface area contributed by atoms with Crippen molar-refractivity contribution in [2.75, 3.05) is 31.3 Å². The zero-order valence-corrected chi connectivity index (χ0v) is 21.6. The number of anilines is 3. The van der Waals surface area contributed by atoms with Crippen LogP contribution in [0.1, 0.15) is 5.56 Å². The first kappa shape index (κ1) is 26.3. The maximum absolute atomic E-state index is 13.4. The van der Waals surface area contributed by atoms with E-state index in [0.717, 1.165) is 0 Å². The number of amides is 1. The number of rotatable bonds is 9. The molecule has 0 saturated heterocycles. The standard InChI is InChI=1S/C27H24Cl2FN5O2/c1-35(2)10-4-7-26(36)34-24-13-20-23(14-21(24)28)31-16-32-27(20)33-19-8-9-25(22(29)12-19)37-15-17-5-3-6-18(30)11-17/h3-9,11-14,16H,10,15H2,1-2H3,(H,34,36)(H,31,32,33). The largest absolute Gasteiger partial charge is 0.487 e. The average Bonchev–Trinajstić information content (AvgIpc) is 2.84. The lowest BCUT2D eigenvalue weighted by molar-refractivity contribution is -0.111. The van der Waals surface area contributed by atoms with E-state index in [4.69, 9.17) is 27.9 Å². The third-order valence-electron chi connectivity index (χ3n) is 5.20. The van der Waals surface area contributed by atoms with Gasteiger partial charge in [0.25, 0.3) is 0 Å². The summed E-state index contributed by atoms with van der Waals surface area (Å²) in [6.45, 7) is 0.818. The van der Waals surface area contributed by atoms with E-state index >= 15 is 0 Å². The van der Waals surface area contributed by atoms with Gasteiger partial charge in [0.1, 0.15) is 30.3 Å². The molecule has 7 nitrogen and oxygen atoms in total. The third-order valence-corrected chi connectivity index (χ3v) is 5.81. The quantitative estimate of drug-likeness (QED) is 0.238. The van der Waals surface area contributed by atoms with E-state index in [1.807, 2.05) is 19.0 Å². The van der Waals surface area contributed by atoms with Crippen molar-refractivity contribution in [1.82, 2.24) is 14.9 Å². The molecule has 0 saturated carbocycles. The third kappa shape index (κ3) is 7.16. The molecule has 1 aromatic heterocycles. The molecule has 4 aromatic rings. The van der Waals surface area contributed by atoms with Crippen molar-refractivity contribution in [3.8, 4) is 5.75 Å². The Morgan fingerprint density at radius 1 is 1.08 bits per heavy atom. The summed E-state index contributed by atoms with van der Waals surface area (Å²) in [5, 5.41) is 7.41. The summed E-state index contributed by atoms with van der Waals surface area (Å²) in [6, 6.07) is 14.8. The fourth-order valence-corrected chi connectivity index (χ4v) is 3.88. The van der Waals surface area contributed by atoms with Gasteiger partial charge in [-0.3, -0.25) is 4.79 Å². The van der Waals surface area contributed by atoms with Crippen molar-refractivity contribution in [2.45, 2.75) is 6.61 Å². The monoisotopic (exact) mass is 539 g/mol. The predicted molar refractivity (Wildman–Crippen MR) is 146 cm³/mol. The maximum Gasteiger partial charge on any atom is 0.248 e. The Morgan fingerprint density at radius 3 is 2.68 bits per heavy atom. The van der Waals surface area contributed by atoms with Crippen LogP contribution in [0.3, 0.4) is 0 Å². The second kappa shape index (κ2) is 12.0. The molecule has 1 amide bonds. The first-order valence-electron chi connectivity index (χ1n) is 11.3. The Balaban J connectivity index is 1.51. The lowest BCUT2D eigenvalue weighted by Gasteiger charge is -2.13. The number of nitrogens with zero attached hydrogens (tertiary/aromatic N) is 3. The summed E-state index contributed by atoms with van der Waals surface area (Å²) < 4.78 is 19.1. The lowest BCUT2D eigenvalue weighted by Crippen LogP contribution is -2.13. The minimum atomic E-state index is -0.325. The van der Waals surface area contributed by atoms with E-state index in [1.165, 1.54) is 24.5 Å². The zero-order valence-electron chi connectivity index (χ0n) is 20.1. The van der Waals surface area contributed by atoms with Gasteiger partial charge < -0.3 is 20.3 Å². The lowest BCUT2D eigenvalue weighted by atomic mass is 10.2. The molecule has 2 N–H and O–H groups in total. The Bertz CT molecular complexity index is 1460. The Hall–Kier alpha value is -3.72. The van der Waals surface area contributed by atoms with Crippen LogP contribution in [0.25, 0.3) is 10.9 Å². The van der Waals surface area contributed by atoms with Crippen molar-refractivity contribution in [2.24, 2.45) is 0 Å². The zero-order chi connectivity index (χ0) is 26.4. The van der Waals surface area contributed by atoms with Crippen molar-refractivity contribution in [3.05, 3.63) is 94.5 Å². The van der Waals surface area contributed by atoms with Gasteiger partial charge in [0.15, 0.2) is 0 Å². The minimum absolute atomic E-state index is 0.181. The second-order valence-corrected chi connectivity index (χ2v) is 9.23. The molecule has 0 bridgehead atoms. The number of fused-ring (bicyclic) bond motifs is 1. The van der Waals surface area contributed by atoms with Crippen LogP contribution in [0.5, 0.6) is 5.75 Å². The molecule has 0 radical (unpaired) electrons. The van der Waals surface area contributed by atoms with Gasteiger partial charge in [-0.25, -0.2) is 14.4 Å². The molecule has 10 heteroatoms. The van der Waals surface area contributed by atoms with Gasteiger partial charge in [0, 0.05) is 23.7 Å². The van der Waals surface area contributed by atoms with Crippen molar-refractivity contribution >= 4 is 57.2 Å². The van der Waals surface area contributed by atoms with Gasteiger partial charge >= 0.3 is 0 Å². The Kier molecular flexibility index (Phi) is 8.55. The molecule has 37 heavy (non-hydrogen) atoms. The molecule has 0 atom stereocenters. The number of hydrogen-bond acceptors (Lipinski definition) is 6. The Labute approximate surface area is 223 Å². The fourth-order valence-electron chi connectivity index (χ4n) is 3.44. The van der Waals surface area contributed by atoms with E-state index in [0.29, 0.717) is 56.0 Å². The number of nitrogens with one attached hydrogen (secondary N) is 2. The van der Waals surface area contributed by atoms with Gasteiger partial charge in [-0.05, 0) is 62.1 Å². The van der Waals surface area contributed by atoms with Crippen molar-refractivity contribution < 1.29 is 13.9 Å². The summed E-state index contributed by atoms with van der Waals surface area (Å²) in [6.07, 6.45) is 4.64. The normalized spacial score (nSPS) is 11.3. The molecule has 1 heterocycles. The molecule has 0 aliphatic heterocycles. The van der Waals surface area contributed by atoms with Gasteiger partial charge in [-0.15, -0.1) is 0 Å². The summed E-state index contributed by atoms with van der Waals surface area (Å²) in [5.74, 6) is 0.344. The van der Waals surface area contributed by atoms with Gasteiger partial charge in [-0.2, -0.15) is 0 Å². The van der Waals surface area contributed by atoms with E-state index in [9.17, 15) is 9.18 Å². The summed E-state index contributed by atoms with van der Waals surface area (Å²) in [4.78, 5) is 22.9. The first-order valence-corrected chi connectivity index (χ1v) is 12.0. The summed E-state index contributed by atoms with van der Waals surface area (Å²) >= 11 is 12.8. The summed E-state index contributed by atoms with van der Waals surface area (Å²) in [7, 11) is 3.83. The molecule has 0 unspecified atom stereocenters. The van der Waals surface area contributed by atoms with Gasteiger partial charge in [0.05, 0.1) is 21.2 Å². The summed E-state index contributed by atoms with van der Waals surface area (Å²) in [5.41, 5.74) is 2.39. The predicted octanol–water partition coefficient (Wildman–Crippen LogP) is 6.45. The molecule has 0 aliphatic rings. The van der Waals surface area contributed by atoms with Crippen LogP contribution in [0.15, 0.2) is 73.1 Å². The highest BCUT2D eigenvalue weighted by atomic mass is 35.5. The van der Waals surface area contributed by atoms with Crippen molar-refractivity contribution in [3.63, 3.8) is 0 Å². The highest BCUT2D eigenvalue weighted by molar-refractivity contribution is 6.35. The Morgan fingerprint density at radius 2 is 1.92 bits per heavy atom. The van der Waals surface area contributed by atoms with E-state index < -0.39 is 0 Å². The maximum atomic E-state index is 13.4. The number of likely N-dealkylation sites (N-methyl/N-ethyl adjacent to an activating group) is 1. The van der Waals surface area contributed by atoms with Crippen LogP contribution in [-0.4, -0.2) is 41.4 Å². The number of aromatic nitrogens is 2. The van der Waals surface area contributed by atoms with Crippen LogP contribution in [0, 0.1) is 5.82 Å². The van der Waals surface area contributed by atoms with Crippen molar-refractivity contribution in [1.29, 1.82) is 0 Å². The average molecular weight is 540 g/mol. The number of carbonyl (C=O) groups is 1. The van der Waals surface area contributed by atoms with Crippen LogP contribution < -0.4 is 15.4 Å². The number of halogens is 3. The SMILES string of the molecule is CN(C)CC=CC(=O)Nc1cc2c(Nc3ccc(OCc4cccc(F)c4)c(Cl)c3)ncnc2cc1Cl. The number of ether oxygens (including phenoxy) is 1.